The average Bonchev–Trinajstić information content (AvgIpc) is 3.52. The summed E-state index contributed by atoms with van der Waals surface area (Å²) >= 11 is 1.54. The Hall–Kier alpha value is -4.02. The molecule has 1 fully saturated rings. The number of aromatic nitrogens is 4. The molecule has 1 aliphatic rings. The van der Waals surface area contributed by atoms with Gasteiger partial charge in [-0.05, 0) is 49.9 Å². The summed E-state index contributed by atoms with van der Waals surface area (Å²) in [5.41, 5.74) is 9.98. The van der Waals surface area contributed by atoms with E-state index in [1.165, 1.54) is 18.5 Å². The summed E-state index contributed by atoms with van der Waals surface area (Å²) < 4.78 is 33.6. The van der Waals surface area contributed by atoms with Gasteiger partial charge in [0.2, 0.25) is 0 Å². The van der Waals surface area contributed by atoms with Crippen molar-refractivity contribution in [1.82, 2.24) is 19.5 Å². The highest BCUT2D eigenvalue weighted by atomic mass is 32.1. The number of aryl methyl sites for hydroxylation is 1. The minimum Gasteiger partial charge on any atom is -0.488 e. The molecule has 2 N–H and O–H groups in total. The standard InChI is InChI=1S/C28H26FN5O3S/c1-17-31-13-24(38-17)15-36-22-10-19(29)11-23(12-22)37-21-4-2-20(3-5-21)34-14-25(18-6-8-35-9-7-18)26-27(34)28(30)33-16-32-26/h2-5,10-14,16,18H,6-9,15H2,1H3,(H2,30,32,33). The number of hydrogen-bond acceptors (Lipinski definition) is 8. The fourth-order valence-corrected chi connectivity index (χ4v) is 5.44. The first kappa shape index (κ1) is 24.3. The van der Waals surface area contributed by atoms with E-state index in [0.29, 0.717) is 35.6 Å². The number of fused-ring (bicyclic) bond motifs is 1. The molecule has 0 unspecified atom stereocenters. The van der Waals surface area contributed by atoms with Crippen molar-refractivity contribution in [2.45, 2.75) is 32.3 Å². The van der Waals surface area contributed by atoms with Crippen molar-refractivity contribution in [2.24, 2.45) is 0 Å². The van der Waals surface area contributed by atoms with E-state index in [2.05, 4.69) is 21.1 Å². The first-order valence-corrected chi connectivity index (χ1v) is 13.2. The summed E-state index contributed by atoms with van der Waals surface area (Å²) in [5, 5.41) is 0.957. The molecule has 194 valence electrons. The Bertz CT molecular complexity index is 1580. The van der Waals surface area contributed by atoms with Crippen LogP contribution in [0.4, 0.5) is 10.2 Å². The van der Waals surface area contributed by atoms with Crippen LogP contribution < -0.4 is 15.2 Å². The van der Waals surface area contributed by atoms with Crippen LogP contribution in [-0.2, 0) is 11.3 Å². The average molecular weight is 532 g/mol. The predicted molar refractivity (Wildman–Crippen MR) is 144 cm³/mol. The number of rotatable bonds is 7. The molecule has 0 atom stereocenters. The molecule has 0 amide bonds. The Morgan fingerprint density at radius 2 is 1.84 bits per heavy atom. The molecular weight excluding hydrogens is 505 g/mol. The second-order valence-electron chi connectivity index (χ2n) is 9.15. The van der Waals surface area contributed by atoms with E-state index >= 15 is 0 Å². The van der Waals surface area contributed by atoms with E-state index in [1.54, 1.807) is 23.6 Å². The number of thiazole rings is 1. The van der Waals surface area contributed by atoms with Crippen molar-refractivity contribution in [1.29, 1.82) is 0 Å². The summed E-state index contributed by atoms with van der Waals surface area (Å²) in [6.45, 7) is 3.72. The van der Waals surface area contributed by atoms with Gasteiger partial charge in [-0.15, -0.1) is 11.3 Å². The number of ether oxygens (including phenoxy) is 3. The normalized spacial score (nSPS) is 14.2. The number of hydrogen-bond donors (Lipinski definition) is 1. The monoisotopic (exact) mass is 531 g/mol. The molecule has 10 heteroatoms. The van der Waals surface area contributed by atoms with Gasteiger partial charge in [-0.3, -0.25) is 0 Å². The van der Waals surface area contributed by atoms with Gasteiger partial charge in [0.15, 0.2) is 5.82 Å². The molecule has 0 aliphatic carbocycles. The lowest BCUT2D eigenvalue weighted by atomic mass is 9.93. The Balaban J connectivity index is 1.23. The van der Waals surface area contributed by atoms with Crippen LogP contribution in [0, 0.1) is 12.7 Å². The number of nitrogen functional groups attached to an aromatic ring is 1. The van der Waals surface area contributed by atoms with Gasteiger partial charge in [-0.25, -0.2) is 19.3 Å². The number of nitrogens with two attached hydrogens (primary N) is 1. The lowest BCUT2D eigenvalue weighted by Crippen LogP contribution is -2.14. The van der Waals surface area contributed by atoms with Crippen LogP contribution in [0.5, 0.6) is 17.2 Å². The molecule has 3 aromatic heterocycles. The Morgan fingerprint density at radius 1 is 1.05 bits per heavy atom. The molecule has 0 spiro atoms. The predicted octanol–water partition coefficient (Wildman–Crippen LogP) is 6.17. The van der Waals surface area contributed by atoms with Crippen LogP contribution in [0.25, 0.3) is 16.7 Å². The van der Waals surface area contributed by atoms with Gasteiger partial charge in [0, 0.05) is 55.1 Å². The Morgan fingerprint density at radius 3 is 2.61 bits per heavy atom. The molecule has 4 heterocycles. The lowest BCUT2D eigenvalue weighted by molar-refractivity contribution is 0.0855. The van der Waals surface area contributed by atoms with Crippen molar-refractivity contribution in [3.63, 3.8) is 0 Å². The van der Waals surface area contributed by atoms with Crippen molar-refractivity contribution in [2.75, 3.05) is 18.9 Å². The van der Waals surface area contributed by atoms with Crippen LogP contribution in [0.15, 0.2) is 61.2 Å². The van der Waals surface area contributed by atoms with Crippen molar-refractivity contribution < 1.29 is 18.6 Å². The number of anilines is 1. The fraction of sp³-hybridized carbons (Fsp3) is 0.250. The smallest absolute Gasteiger partial charge is 0.151 e. The summed E-state index contributed by atoms with van der Waals surface area (Å²) in [6, 6.07) is 11.9. The van der Waals surface area contributed by atoms with Crippen LogP contribution >= 0.6 is 11.3 Å². The SMILES string of the molecule is Cc1ncc(COc2cc(F)cc(Oc3ccc(-n4cc(C5CCOCC5)c5ncnc(N)c54)cc3)c2)s1. The largest absolute Gasteiger partial charge is 0.488 e. The summed E-state index contributed by atoms with van der Waals surface area (Å²) in [4.78, 5) is 14.0. The molecule has 8 nitrogen and oxygen atoms in total. The zero-order chi connectivity index (χ0) is 26.1. The number of benzene rings is 2. The van der Waals surface area contributed by atoms with Gasteiger partial charge in [-0.1, -0.05) is 0 Å². The maximum atomic E-state index is 14.3. The summed E-state index contributed by atoms with van der Waals surface area (Å²) in [5.74, 6) is 1.64. The second kappa shape index (κ2) is 10.4. The van der Waals surface area contributed by atoms with Gasteiger partial charge >= 0.3 is 0 Å². The third-order valence-corrected chi connectivity index (χ3v) is 7.43. The van der Waals surface area contributed by atoms with Crippen LogP contribution in [0.1, 0.15) is 34.2 Å². The lowest BCUT2D eigenvalue weighted by Gasteiger charge is -2.21. The maximum Gasteiger partial charge on any atom is 0.151 e. The zero-order valence-corrected chi connectivity index (χ0v) is 21.6. The fourth-order valence-electron chi connectivity index (χ4n) is 4.73. The van der Waals surface area contributed by atoms with Crippen LogP contribution in [0.3, 0.4) is 0 Å². The third kappa shape index (κ3) is 5.05. The number of nitrogens with zero attached hydrogens (tertiary/aromatic N) is 4. The summed E-state index contributed by atoms with van der Waals surface area (Å²) in [7, 11) is 0. The highest BCUT2D eigenvalue weighted by Crippen LogP contribution is 2.36. The topological polar surface area (TPSA) is 97.3 Å². The van der Waals surface area contributed by atoms with Crippen molar-refractivity contribution in [3.8, 4) is 22.9 Å². The van der Waals surface area contributed by atoms with Crippen LogP contribution in [-0.4, -0.2) is 32.7 Å². The molecule has 38 heavy (non-hydrogen) atoms. The first-order valence-electron chi connectivity index (χ1n) is 12.4. The molecule has 6 rings (SSSR count). The highest BCUT2D eigenvalue weighted by molar-refractivity contribution is 7.11. The molecule has 5 aromatic rings. The maximum absolute atomic E-state index is 14.3. The van der Waals surface area contributed by atoms with E-state index in [1.807, 2.05) is 35.8 Å². The second-order valence-corrected chi connectivity index (χ2v) is 10.5. The van der Waals surface area contributed by atoms with E-state index in [9.17, 15) is 4.39 Å². The quantitative estimate of drug-likeness (QED) is 0.268. The molecule has 0 saturated carbocycles. The van der Waals surface area contributed by atoms with Crippen LogP contribution in [0.2, 0.25) is 0 Å². The minimum atomic E-state index is -0.440. The van der Waals surface area contributed by atoms with E-state index < -0.39 is 5.82 Å². The molecular formula is C28H26FN5O3S. The Kier molecular flexibility index (Phi) is 6.65. The first-order chi connectivity index (χ1) is 18.5. The molecule has 2 aromatic carbocycles. The molecule has 0 bridgehead atoms. The van der Waals surface area contributed by atoms with E-state index in [4.69, 9.17) is 19.9 Å². The van der Waals surface area contributed by atoms with Gasteiger partial charge < -0.3 is 24.5 Å². The zero-order valence-electron chi connectivity index (χ0n) is 20.8. The van der Waals surface area contributed by atoms with Gasteiger partial charge in [-0.2, -0.15) is 0 Å². The molecule has 1 aliphatic heterocycles. The molecule has 0 radical (unpaired) electrons. The van der Waals surface area contributed by atoms with Gasteiger partial charge in [0.1, 0.15) is 41.5 Å². The Labute approximate surface area is 222 Å². The van der Waals surface area contributed by atoms with E-state index in [-0.39, 0.29) is 0 Å². The van der Waals surface area contributed by atoms with Gasteiger partial charge in [0.25, 0.3) is 0 Å². The third-order valence-electron chi connectivity index (χ3n) is 6.54. The molecule has 1 saturated heterocycles. The number of halogens is 1. The van der Waals surface area contributed by atoms with Crippen molar-refractivity contribution in [3.05, 3.63) is 82.5 Å². The minimum absolute atomic E-state index is 0.316. The highest BCUT2D eigenvalue weighted by Gasteiger charge is 2.23. The summed E-state index contributed by atoms with van der Waals surface area (Å²) in [6.07, 6.45) is 7.26. The van der Waals surface area contributed by atoms with Crippen molar-refractivity contribution >= 4 is 28.2 Å². The van der Waals surface area contributed by atoms with Gasteiger partial charge in [0.05, 0.1) is 15.4 Å². The van der Waals surface area contributed by atoms with E-state index in [0.717, 1.165) is 58.2 Å².